The van der Waals surface area contributed by atoms with E-state index >= 15 is 0 Å². The van der Waals surface area contributed by atoms with Crippen molar-refractivity contribution < 1.29 is 13.7 Å². The van der Waals surface area contributed by atoms with Gasteiger partial charge in [0.25, 0.3) is 5.22 Å². The van der Waals surface area contributed by atoms with E-state index in [-0.39, 0.29) is 11.7 Å². The van der Waals surface area contributed by atoms with Crippen LogP contribution in [-0.2, 0) is 11.3 Å². The first-order chi connectivity index (χ1) is 10.7. The van der Waals surface area contributed by atoms with E-state index < -0.39 is 0 Å². The van der Waals surface area contributed by atoms with Crippen LogP contribution in [0.1, 0.15) is 24.5 Å². The van der Waals surface area contributed by atoms with Gasteiger partial charge in [-0.25, -0.2) is 0 Å². The monoisotopic (exact) mass is 323 g/mol. The van der Waals surface area contributed by atoms with E-state index in [0.717, 1.165) is 13.1 Å². The molecule has 1 fully saturated rings. The van der Waals surface area contributed by atoms with Gasteiger partial charge in [-0.3, -0.25) is 9.69 Å². The number of nitrogens with zero attached hydrogens (tertiary/aromatic N) is 4. The van der Waals surface area contributed by atoms with Gasteiger partial charge >= 0.3 is 0 Å². The Labute approximate surface area is 131 Å². The Kier molecular flexibility index (Phi) is 4.74. The first kappa shape index (κ1) is 15.0. The van der Waals surface area contributed by atoms with E-state index in [4.69, 9.17) is 8.94 Å². The average molecular weight is 323 g/mol. The molecule has 0 bridgehead atoms. The predicted octanol–water partition coefficient (Wildman–Crippen LogP) is 1.69. The topological polar surface area (TPSA) is 97.3 Å². The number of anilines is 1. The molecule has 22 heavy (non-hydrogen) atoms. The van der Waals surface area contributed by atoms with Crippen LogP contribution in [-0.4, -0.2) is 45.0 Å². The van der Waals surface area contributed by atoms with E-state index in [2.05, 4.69) is 25.6 Å². The molecular weight excluding hydrogens is 306 g/mol. The van der Waals surface area contributed by atoms with Crippen molar-refractivity contribution in [3.63, 3.8) is 0 Å². The summed E-state index contributed by atoms with van der Waals surface area (Å²) in [5.74, 6) is 1.63. The third-order valence-corrected chi connectivity index (χ3v) is 4.05. The summed E-state index contributed by atoms with van der Waals surface area (Å²) in [5, 5.41) is 14.7. The molecule has 3 heterocycles. The first-order valence-electron chi connectivity index (χ1n) is 7.10. The lowest BCUT2D eigenvalue weighted by molar-refractivity contribution is -0.113. The molecule has 1 saturated heterocycles. The molecule has 0 aliphatic carbocycles. The minimum atomic E-state index is -0.197. The lowest BCUT2D eigenvalue weighted by atomic mass is 10.4. The van der Waals surface area contributed by atoms with Crippen molar-refractivity contribution in [3.05, 3.63) is 17.7 Å². The van der Waals surface area contributed by atoms with Crippen LogP contribution in [0, 0.1) is 6.92 Å². The van der Waals surface area contributed by atoms with E-state index in [9.17, 15) is 4.79 Å². The lowest BCUT2D eigenvalue weighted by Crippen LogP contribution is -2.18. The second-order valence-electron chi connectivity index (χ2n) is 5.10. The molecule has 1 amide bonds. The van der Waals surface area contributed by atoms with Crippen LogP contribution in [0.25, 0.3) is 0 Å². The quantitative estimate of drug-likeness (QED) is 0.802. The molecule has 3 rings (SSSR count). The summed E-state index contributed by atoms with van der Waals surface area (Å²) in [6.45, 7) is 4.59. The van der Waals surface area contributed by atoms with Crippen LogP contribution in [0.5, 0.6) is 0 Å². The molecule has 0 radical (unpaired) electrons. The molecule has 0 saturated carbocycles. The van der Waals surface area contributed by atoms with Crippen molar-refractivity contribution in [1.29, 1.82) is 0 Å². The molecule has 2 aromatic rings. The number of likely N-dealkylation sites (tertiary alicyclic amines) is 1. The summed E-state index contributed by atoms with van der Waals surface area (Å²) < 4.78 is 10.4. The maximum atomic E-state index is 11.8. The van der Waals surface area contributed by atoms with E-state index in [0.29, 0.717) is 29.2 Å². The van der Waals surface area contributed by atoms with Gasteiger partial charge in [0.1, 0.15) is 5.76 Å². The minimum absolute atomic E-state index is 0.178. The third kappa shape index (κ3) is 4.08. The van der Waals surface area contributed by atoms with E-state index in [1.807, 2.05) is 0 Å². The van der Waals surface area contributed by atoms with Gasteiger partial charge in [0.05, 0.1) is 12.3 Å². The first-order valence-corrected chi connectivity index (χ1v) is 8.08. The SMILES string of the molecule is Cc1cc(NC(=O)CSc2nnc(CN3CCCC3)o2)no1. The largest absolute Gasteiger partial charge is 0.415 e. The number of aryl methyl sites for hydroxylation is 1. The molecule has 2 aromatic heterocycles. The Morgan fingerprint density at radius 1 is 1.41 bits per heavy atom. The van der Waals surface area contributed by atoms with Gasteiger partial charge in [0.15, 0.2) is 5.82 Å². The highest BCUT2D eigenvalue weighted by Gasteiger charge is 2.16. The van der Waals surface area contributed by atoms with E-state index in [1.54, 1.807) is 13.0 Å². The molecule has 0 unspecified atom stereocenters. The zero-order valence-corrected chi connectivity index (χ0v) is 13.1. The number of aromatic nitrogens is 3. The highest BCUT2D eigenvalue weighted by molar-refractivity contribution is 7.99. The molecule has 1 aliphatic rings. The number of hydrogen-bond acceptors (Lipinski definition) is 8. The van der Waals surface area contributed by atoms with Crippen LogP contribution in [0.3, 0.4) is 0 Å². The Morgan fingerprint density at radius 3 is 2.95 bits per heavy atom. The maximum absolute atomic E-state index is 11.8. The Bertz CT molecular complexity index is 635. The van der Waals surface area contributed by atoms with Crippen molar-refractivity contribution in [2.24, 2.45) is 0 Å². The lowest BCUT2D eigenvalue weighted by Gasteiger charge is -2.10. The molecular formula is C13H17N5O3S. The molecule has 8 nitrogen and oxygen atoms in total. The van der Waals surface area contributed by atoms with Crippen molar-refractivity contribution in [2.75, 3.05) is 24.2 Å². The van der Waals surface area contributed by atoms with Crippen LogP contribution in [0.15, 0.2) is 20.2 Å². The van der Waals surface area contributed by atoms with Gasteiger partial charge in [-0.05, 0) is 32.9 Å². The number of carbonyl (C=O) groups excluding carboxylic acids is 1. The standard InChI is InChI=1S/C13H17N5O3S/c1-9-6-10(17-21-9)14-11(19)8-22-13-16-15-12(20-13)7-18-4-2-3-5-18/h6H,2-5,7-8H2,1H3,(H,14,17,19). The summed E-state index contributed by atoms with van der Waals surface area (Å²) in [4.78, 5) is 14.0. The van der Waals surface area contributed by atoms with Gasteiger partial charge in [0, 0.05) is 6.07 Å². The Balaban J connectivity index is 1.44. The fourth-order valence-electron chi connectivity index (χ4n) is 2.22. The zero-order chi connectivity index (χ0) is 15.4. The van der Waals surface area contributed by atoms with Crippen LogP contribution < -0.4 is 5.32 Å². The average Bonchev–Trinajstić information content (AvgIpc) is 3.21. The Hall–Kier alpha value is -1.87. The third-order valence-electron chi connectivity index (χ3n) is 3.23. The smallest absolute Gasteiger partial charge is 0.277 e. The second-order valence-corrected chi connectivity index (χ2v) is 6.03. The number of rotatable bonds is 6. The van der Waals surface area contributed by atoms with Crippen LogP contribution in [0.4, 0.5) is 5.82 Å². The van der Waals surface area contributed by atoms with Gasteiger partial charge in [-0.15, -0.1) is 10.2 Å². The fraction of sp³-hybridized carbons (Fsp3) is 0.538. The van der Waals surface area contributed by atoms with Crippen molar-refractivity contribution in [2.45, 2.75) is 31.5 Å². The molecule has 0 atom stereocenters. The molecule has 118 valence electrons. The summed E-state index contributed by atoms with van der Waals surface area (Å²) in [6.07, 6.45) is 2.44. The second kappa shape index (κ2) is 6.93. The molecule has 9 heteroatoms. The van der Waals surface area contributed by atoms with Gasteiger partial charge in [-0.1, -0.05) is 16.9 Å². The van der Waals surface area contributed by atoms with Crippen molar-refractivity contribution in [1.82, 2.24) is 20.3 Å². The van der Waals surface area contributed by atoms with Crippen LogP contribution in [0.2, 0.25) is 0 Å². The number of thioether (sulfide) groups is 1. The Morgan fingerprint density at radius 2 is 2.23 bits per heavy atom. The molecule has 1 aliphatic heterocycles. The summed E-state index contributed by atoms with van der Waals surface area (Å²) >= 11 is 1.20. The highest BCUT2D eigenvalue weighted by atomic mass is 32.2. The normalized spacial score (nSPS) is 15.3. The number of carbonyl (C=O) groups is 1. The minimum Gasteiger partial charge on any atom is -0.415 e. The zero-order valence-electron chi connectivity index (χ0n) is 12.2. The number of amides is 1. The maximum Gasteiger partial charge on any atom is 0.277 e. The molecule has 1 N–H and O–H groups in total. The van der Waals surface area contributed by atoms with E-state index in [1.165, 1.54) is 24.6 Å². The van der Waals surface area contributed by atoms with Crippen molar-refractivity contribution >= 4 is 23.5 Å². The molecule has 0 spiro atoms. The fourth-order valence-corrected chi connectivity index (χ4v) is 2.80. The highest BCUT2D eigenvalue weighted by Crippen LogP contribution is 2.18. The summed E-state index contributed by atoms with van der Waals surface area (Å²) in [6, 6.07) is 1.66. The number of hydrogen-bond donors (Lipinski definition) is 1. The molecule has 0 aromatic carbocycles. The van der Waals surface area contributed by atoms with Gasteiger partial charge < -0.3 is 14.3 Å². The van der Waals surface area contributed by atoms with Gasteiger partial charge in [-0.2, -0.15) is 0 Å². The predicted molar refractivity (Wildman–Crippen MR) is 79.4 cm³/mol. The summed E-state index contributed by atoms with van der Waals surface area (Å²) in [7, 11) is 0. The van der Waals surface area contributed by atoms with Gasteiger partial charge in [0.2, 0.25) is 11.8 Å². The van der Waals surface area contributed by atoms with Crippen LogP contribution >= 0.6 is 11.8 Å². The summed E-state index contributed by atoms with van der Waals surface area (Å²) in [5.41, 5.74) is 0. The van der Waals surface area contributed by atoms with Crippen molar-refractivity contribution in [3.8, 4) is 0 Å². The number of nitrogens with one attached hydrogen (secondary N) is 1.